The van der Waals surface area contributed by atoms with E-state index in [4.69, 9.17) is 28.9 Å². The minimum Gasteiger partial charge on any atom is -0.403 e. The highest BCUT2D eigenvalue weighted by Gasteiger charge is 2.32. The van der Waals surface area contributed by atoms with E-state index in [0.29, 0.717) is 0 Å². The summed E-state index contributed by atoms with van der Waals surface area (Å²) in [5.74, 6) is -0.645. The molecule has 0 spiro atoms. The van der Waals surface area contributed by atoms with E-state index in [-0.39, 0.29) is 22.4 Å². The van der Waals surface area contributed by atoms with E-state index in [1.807, 2.05) is 0 Å². The molecule has 0 fully saturated rings. The molecule has 1 aromatic rings. The normalized spacial score (nSPS) is 12.6. The summed E-state index contributed by atoms with van der Waals surface area (Å²) in [4.78, 5) is 3.68. The predicted octanol–water partition coefficient (Wildman–Crippen LogP) is 3.47. The van der Waals surface area contributed by atoms with Crippen LogP contribution in [0.4, 0.5) is 18.9 Å². The summed E-state index contributed by atoms with van der Waals surface area (Å²) in [5, 5.41) is 0.209. The molecule has 0 aromatic heterocycles. The smallest absolute Gasteiger partial charge is 0.403 e. The van der Waals surface area contributed by atoms with Gasteiger partial charge in [-0.05, 0) is 18.2 Å². The van der Waals surface area contributed by atoms with Crippen LogP contribution in [-0.4, -0.2) is 18.1 Å². The monoisotopic (exact) mass is 286 g/mol. The van der Waals surface area contributed by atoms with Crippen LogP contribution in [0, 0.1) is 0 Å². The first-order chi connectivity index (χ1) is 7.81. The van der Waals surface area contributed by atoms with Gasteiger partial charge < -0.3 is 10.5 Å². The molecule has 0 unspecified atom stereocenters. The van der Waals surface area contributed by atoms with Gasteiger partial charge in [-0.25, -0.2) is 4.99 Å². The highest BCUT2D eigenvalue weighted by Crippen LogP contribution is 2.34. The van der Waals surface area contributed by atoms with Gasteiger partial charge in [0.05, 0.1) is 5.88 Å². The maximum absolute atomic E-state index is 12.1. The van der Waals surface area contributed by atoms with Gasteiger partial charge in [-0.1, -0.05) is 11.6 Å². The van der Waals surface area contributed by atoms with Gasteiger partial charge in [-0.3, -0.25) is 0 Å². The molecule has 0 aliphatic carbocycles. The molecule has 0 aliphatic heterocycles. The number of hydrogen-bond acceptors (Lipinski definition) is 2. The third-order valence-corrected chi connectivity index (χ3v) is 2.06. The van der Waals surface area contributed by atoms with Crippen LogP contribution in [0.5, 0.6) is 5.75 Å². The van der Waals surface area contributed by atoms with Crippen LogP contribution in [0.25, 0.3) is 0 Å². The standard InChI is InChI=1S/C9H7Cl2F3N2O/c10-4-8(15)16-6-3-5(11)1-2-7(6)17-9(12,13)14/h1-3H,4H2,(H2,15,16). The average molecular weight is 287 g/mol. The van der Waals surface area contributed by atoms with Crippen LogP contribution in [0.1, 0.15) is 0 Å². The van der Waals surface area contributed by atoms with Crippen LogP contribution in [-0.2, 0) is 0 Å². The van der Waals surface area contributed by atoms with E-state index in [2.05, 4.69) is 9.73 Å². The van der Waals surface area contributed by atoms with Crippen molar-refractivity contribution < 1.29 is 17.9 Å². The van der Waals surface area contributed by atoms with E-state index >= 15 is 0 Å². The number of aliphatic imine (C=N–C) groups is 1. The van der Waals surface area contributed by atoms with Gasteiger partial charge in [0, 0.05) is 5.02 Å². The summed E-state index contributed by atoms with van der Waals surface area (Å²) >= 11 is 11.0. The lowest BCUT2D eigenvalue weighted by Crippen LogP contribution is -2.17. The average Bonchev–Trinajstić information content (AvgIpc) is 2.20. The summed E-state index contributed by atoms with van der Waals surface area (Å²) in [6.07, 6.45) is -4.81. The van der Waals surface area contributed by atoms with Gasteiger partial charge in [0.25, 0.3) is 0 Å². The molecule has 17 heavy (non-hydrogen) atoms. The lowest BCUT2D eigenvalue weighted by atomic mass is 10.3. The highest BCUT2D eigenvalue weighted by molar-refractivity contribution is 6.31. The van der Waals surface area contributed by atoms with Gasteiger partial charge in [-0.2, -0.15) is 0 Å². The van der Waals surface area contributed by atoms with Crippen molar-refractivity contribution in [3.8, 4) is 5.75 Å². The molecule has 0 aliphatic rings. The Morgan fingerprint density at radius 2 is 2.06 bits per heavy atom. The van der Waals surface area contributed by atoms with Crippen molar-refractivity contribution in [3.63, 3.8) is 0 Å². The molecule has 3 nitrogen and oxygen atoms in total. The molecule has 2 N–H and O–H groups in total. The summed E-state index contributed by atoms with van der Waals surface area (Å²) in [6, 6.07) is 3.50. The Balaban J connectivity index is 3.13. The number of nitrogens with two attached hydrogens (primary N) is 1. The Labute approximate surface area is 105 Å². The third-order valence-electron chi connectivity index (χ3n) is 1.55. The molecule has 0 bridgehead atoms. The number of ether oxygens (including phenoxy) is 1. The first-order valence-electron chi connectivity index (χ1n) is 4.26. The topological polar surface area (TPSA) is 47.6 Å². The molecule has 0 saturated carbocycles. The van der Waals surface area contributed by atoms with Gasteiger partial charge in [0.1, 0.15) is 11.5 Å². The van der Waals surface area contributed by atoms with E-state index in [0.717, 1.165) is 6.07 Å². The Bertz CT molecular complexity index is 435. The molecule has 94 valence electrons. The number of hydrogen-bond donors (Lipinski definition) is 1. The second-order valence-corrected chi connectivity index (χ2v) is 3.60. The van der Waals surface area contributed by atoms with E-state index in [1.165, 1.54) is 12.1 Å². The molecule has 0 radical (unpaired) electrons. The van der Waals surface area contributed by atoms with Crippen molar-refractivity contribution in [2.24, 2.45) is 10.7 Å². The fourth-order valence-electron chi connectivity index (χ4n) is 0.973. The SMILES string of the molecule is NC(CCl)=Nc1cc(Cl)ccc1OC(F)(F)F. The zero-order chi connectivity index (χ0) is 13.1. The van der Waals surface area contributed by atoms with Crippen molar-refractivity contribution in [1.82, 2.24) is 0 Å². The number of benzene rings is 1. The minimum atomic E-state index is -4.81. The number of alkyl halides is 4. The zero-order valence-electron chi connectivity index (χ0n) is 8.26. The van der Waals surface area contributed by atoms with Gasteiger partial charge in [0.15, 0.2) is 5.75 Å². The molecule has 0 heterocycles. The molecular weight excluding hydrogens is 280 g/mol. The summed E-state index contributed by atoms with van der Waals surface area (Å²) in [5.41, 5.74) is 5.19. The molecule has 0 saturated heterocycles. The molecule has 1 rings (SSSR count). The second-order valence-electron chi connectivity index (χ2n) is 2.90. The number of halogens is 5. The fraction of sp³-hybridized carbons (Fsp3) is 0.222. The summed E-state index contributed by atoms with van der Waals surface area (Å²) in [7, 11) is 0. The highest BCUT2D eigenvalue weighted by atomic mass is 35.5. The van der Waals surface area contributed by atoms with E-state index < -0.39 is 12.1 Å². The molecule has 8 heteroatoms. The van der Waals surface area contributed by atoms with E-state index in [1.54, 1.807) is 0 Å². The van der Waals surface area contributed by atoms with Crippen LogP contribution in [0.3, 0.4) is 0 Å². The second kappa shape index (κ2) is 5.46. The quantitative estimate of drug-likeness (QED) is 0.525. The van der Waals surface area contributed by atoms with Crippen molar-refractivity contribution in [1.29, 1.82) is 0 Å². The molecule has 0 atom stereocenters. The van der Waals surface area contributed by atoms with Gasteiger partial charge in [0.2, 0.25) is 0 Å². The maximum Gasteiger partial charge on any atom is 0.573 e. The number of rotatable bonds is 3. The molecule has 0 amide bonds. The Morgan fingerprint density at radius 3 is 2.59 bits per heavy atom. The fourth-order valence-corrected chi connectivity index (χ4v) is 1.20. The zero-order valence-corrected chi connectivity index (χ0v) is 9.77. The Kier molecular flexibility index (Phi) is 4.47. The van der Waals surface area contributed by atoms with Gasteiger partial charge >= 0.3 is 6.36 Å². The number of amidine groups is 1. The summed E-state index contributed by atoms with van der Waals surface area (Å²) in [6.45, 7) is 0. The largest absolute Gasteiger partial charge is 0.573 e. The number of nitrogens with zero attached hydrogens (tertiary/aromatic N) is 1. The lowest BCUT2D eigenvalue weighted by Gasteiger charge is -2.11. The van der Waals surface area contributed by atoms with E-state index in [9.17, 15) is 13.2 Å². The van der Waals surface area contributed by atoms with Crippen molar-refractivity contribution in [2.45, 2.75) is 6.36 Å². The van der Waals surface area contributed by atoms with Crippen molar-refractivity contribution in [3.05, 3.63) is 23.2 Å². The minimum absolute atomic E-state index is 0.0408. The van der Waals surface area contributed by atoms with Crippen molar-refractivity contribution >= 4 is 34.7 Å². The van der Waals surface area contributed by atoms with Crippen LogP contribution in [0.2, 0.25) is 5.02 Å². The first kappa shape index (κ1) is 13.9. The van der Waals surface area contributed by atoms with Crippen LogP contribution >= 0.6 is 23.2 Å². The maximum atomic E-state index is 12.1. The Morgan fingerprint density at radius 1 is 1.41 bits per heavy atom. The predicted molar refractivity (Wildman–Crippen MR) is 60.1 cm³/mol. The Hall–Kier alpha value is -1.14. The summed E-state index contributed by atoms with van der Waals surface area (Å²) < 4.78 is 40.0. The van der Waals surface area contributed by atoms with Crippen LogP contribution in [0.15, 0.2) is 23.2 Å². The van der Waals surface area contributed by atoms with Crippen LogP contribution < -0.4 is 10.5 Å². The first-order valence-corrected chi connectivity index (χ1v) is 5.17. The molecular formula is C9H7Cl2F3N2O. The third kappa shape index (κ3) is 4.70. The van der Waals surface area contributed by atoms with Crippen molar-refractivity contribution in [2.75, 3.05) is 5.88 Å². The molecule has 1 aromatic carbocycles. The lowest BCUT2D eigenvalue weighted by molar-refractivity contribution is -0.274. The van der Waals surface area contributed by atoms with Gasteiger partial charge in [-0.15, -0.1) is 24.8 Å².